The van der Waals surface area contributed by atoms with Crippen LogP contribution in [0.25, 0.3) is 11.1 Å². The maximum absolute atomic E-state index is 6.71. The molecular weight excluding hydrogens is 539 g/mol. The molecule has 0 spiro atoms. The van der Waals surface area contributed by atoms with Gasteiger partial charge in [-0.05, 0) is 62.5 Å². The second-order valence-corrected chi connectivity index (χ2v) is 16.2. The standard InChI is InChI=1S/C36H46Cl3/c1-24(20-26-16-18-28(19-17-26)27-14-12-11-13-15-27)32(35(9,10)36(37,38)39)25(2)29-21-30(33(3,4)5)23-31(22-29)34(6,7)8/h11-19,21-24,32H,20H2,1-10H3. The van der Waals surface area contributed by atoms with Gasteiger partial charge in [-0.2, -0.15) is 0 Å². The fraction of sp³-hybridized carbons (Fsp3) is 0.472. The number of hydrogen-bond acceptors (Lipinski definition) is 0. The minimum absolute atomic E-state index is 0.0304. The molecule has 0 aliphatic carbocycles. The summed E-state index contributed by atoms with van der Waals surface area (Å²) in [7, 11) is 0. The lowest BCUT2D eigenvalue weighted by Gasteiger charge is -2.46. The van der Waals surface area contributed by atoms with Crippen LogP contribution in [0.4, 0.5) is 0 Å². The molecule has 0 fully saturated rings. The summed E-state index contributed by atoms with van der Waals surface area (Å²) in [6.45, 7) is 22.4. The first-order valence-electron chi connectivity index (χ1n) is 14.0. The van der Waals surface area contributed by atoms with Crippen LogP contribution < -0.4 is 0 Å². The van der Waals surface area contributed by atoms with Crippen LogP contribution in [0.2, 0.25) is 0 Å². The first kappa shape index (κ1) is 32.0. The van der Waals surface area contributed by atoms with E-state index in [1.165, 1.54) is 39.3 Å². The van der Waals surface area contributed by atoms with E-state index >= 15 is 0 Å². The predicted molar refractivity (Wildman–Crippen MR) is 174 cm³/mol. The number of rotatable bonds is 7. The van der Waals surface area contributed by atoms with E-state index in [4.69, 9.17) is 34.8 Å². The molecule has 0 saturated heterocycles. The summed E-state index contributed by atoms with van der Waals surface area (Å²) in [5, 5.41) is 0. The summed E-state index contributed by atoms with van der Waals surface area (Å²) < 4.78 is -1.42. The Balaban J connectivity index is 2.03. The molecule has 0 N–H and O–H groups in total. The molecule has 0 heterocycles. The van der Waals surface area contributed by atoms with Crippen LogP contribution in [0.1, 0.15) is 91.5 Å². The largest absolute Gasteiger partial charge is 0.195 e. The zero-order valence-electron chi connectivity index (χ0n) is 25.4. The van der Waals surface area contributed by atoms with Crippen LogP contribution in [0.15, 0.2) is 72.8 Å². The number of alkyl halides is 3. The highest BCUT2D eigenvalue weighted by atomic mass is 35.6. The average Bonchev–Trinajstić information content (AvgIpc) is 2.83. The lowest BCUT2D eigenvalue weighted by atomic mass is 9.63. The van der Waals surface area contributed by atoms with Crippen LogP contribution in [-0.4, -0.2) is 3.79 Å². The molecule has 3 aromatic rings. The van der Waals surface area contributed by atoms with Crippen molar-refractivity contribution in [2.45, 2.75) is 90.3 Å². The van der Waals surface area contributed by atoms with Crippen molar-refractivity contribution in [3.8, 4) is 11.1 Å². The number of hydrogen-bond donors (Lipinski definition) is 0. The fourth-order valence-corrected chi connectivity index (χ4v) is 6.06. The van der Waals surface area contributed by atoms with Gasteiger partial charge in [-0.3, -0.25) is 0 Å². The van der Waals surface area contributed by atoms with Gasteiger partial charge in [0, 0.05) is 11.3 Å². The van der Waals surface area contributed by atoms with Gasteiger partial charge in [0.2, 0.25) is 0 Å². The molecule has 0 aliphatic rings. The number of halogens is 3. The predicted octanol–water partition coefficient (Wildman–Crippen LogP) is 11.8. The molecule has 0 aliphatic heterocycles. The van der Waals surface area contributed by atoms with Gasteiger partial charge >= 0.3 is 0 Å². The summed E-state index contributed by atoms with van der Waals surface area (Å²) in [5.41, 5.74) is 7.12. The van der Waals surface area contributed by atoms with Crippen molar-refractivity contribution >= 4 is 34.8 Å². The number of benzene rings is 3. The normalized spacial score (nSPS) is 14.9. The monoisotopic (exact) mass is 583 g/mol. The smallest absolute Gasteiger partial charge is 0.0831 e. The Labute approximate surface area is 253 Å². The lowest BCUT2D eigenvalue weighted by Crippen LogP contribution is -2.43. The third-order valence-corrected chi connectivity index (χ3v) is 9.74. The highest BCUT2D eigenvalue weighted by Crippen LogP contribution is 2.55. The van der Waals surface area contributed by atoms with Gasteiger partial charge in [0.15, 0.2) is 3.79 Å². The third-order valence-electron chi connectivity index (χ3n) is 8.28. The first-order chi connectivity index (χ1) is 17.8. The molecule has 0 amide bonds. The molecule has 0 nitrogen and oxygen atoms in total. The molecule has 0 bridgehead atoms. The SMILES string of the molecule is C[C](c1cc(C(C)(C)C)cc(C(C)(C)C)c1)C(C(C)Cc1ccc(-c2ccccc2)cc1)C(C)(C)C(Cl)(Cl)Cl. The minimum Gasteiger partial charge on any atom is -0.0831 e. The van der Waals surface area contributed by atoms with E-state index in [1.54, 1.807) is 0 Å². The minimum atomic E-state index is -1.42. The average molecular weight is 585 g/mol. The van der Waals surface area contributed by atoms with Gasteiger partial charge in [0.1, 0.15) is 0 Å². The topological polar surface area (TPSA) is 0 Å². The van der Waals surface area contributed by atoms with Crippen LogP contribution >= 0.6 is 34.8 Å². The van der Waals surface area contributed by atoms with E-state index in [-0.39, 0.29) is 22.7 Å². The molecule has 1 radical (unpaired) electrons. The van der Waals surface area contributed by atoms with Crippen LogP contribution in [0.3, 0.4) is 0 Å². The van der Waals surface area contributed by atoms with Crippen LogP contribution in [0.5, 0.6) is 0 Å². The van der Waals surface area contributed by atoms with Gasteiger partial charge in [0.25, 0.3) is 0 Å². The van der Waals surface area contributed by atoms with E-state index in [2.05, 4.69) is 136 Å². The van der Waals surface area contributed by atoms with E-state index in [0.717, 1.165) is 6.42 Å². The second-order valence-electron chi connectivity index (χ2n) is 13.9. The van der Waals surface area contributed by atoms with Crippen molar-refractivity contribution in [2.24, 2.45) is 17.3 Å². The summed E-state index contributed by atoms with van der Waals surface area (Å²) in [5.74, 6) is 1.56. The Kier molecular flexibility index (Phi) is 9.69. The van der Waals surface area contributed by atoms with Gasteiger partial charge in [-0.25, -0.2) is 0 Å². The van der Waals surface area contributed by atoms with Gasteiger partial charge < -0.3 is 0 Å². The molecule has 0 saturated carbocycles. The first-order valence-corrected chi connectivity index (χ1v) is 15.2. The molecule has 211 valence electrons. The van der Waals surface area contributed by atoms with Crippen LogP contribution in [-0.2, 0) is 17.3 Å². The van der Waals surface area contributed by atoms with Gasteiger partial charge in [-0.15, -0.1) is 0 Å². The lowest BCUT2D eigenvalue weighted by molar-refractivity contribution is 0.167. The zero-order chi connectivity index (χ0) is 29.4. The van der Waals surface area contributed by atoms with Crippen LogP contribution in [0, 0.1) is 23.2 Å². The summed E-state index contributed by atoms with van der Waals surface area (Å²) in [4.78, 5) is 0. The molecule has 39 heavy (non-hydrogen) atoms. The quantitative estimate of drug-likeness (QED) is 0.242. The summed E-state index contributed by atoms with van der Waals surface area (Å²) >= 11 is 20.1. The van der Waals surface area contributed by atoms with Crippen molar-refractivity contribution in [2.75, 3.05) is 0 Å². The van der Waals surface area contributed by atoms with Crippen molar-refractivity contribution in [1.82, 2.24) is 0 Å². The molecule has 3 rings (SSSR count). The summed E-state index contributed by atoms with van der Waals surface area (Å²) in [6.07, 6.45) is 0.895. The zero-order valence-corrected chi connectivity index (χ0v) is 27.7. The van der Waals surface area contributed by atoms with E-state index in [9.17, 15) is 0 Å². The van der Waals surface area contributed by atoms with Crippen molar-refractivity contribution in [1.29, 1.82) is 0 Å². The molecular formula is C36H46Cl3. The maximum atomic E-state index is 6.71. The highest BCUT2D eigenvalue weighted by molar-refractivity contribution is 6.68. The van der Waals surface area contributed by atoms with E-state index in [0.29, 0.717) is 0 Å². The second kappa shape index (κ2) is 11.8. The van der Waals surface area contributed by atoms with Crippen molar-refractivity contribution < 1.29 is 0 Å². The molecule has 3 aromatic carbocycles. The fourth-order valence-electron chi connectivity index (χ4n) is 5.71. The maximum Gasteiger partial charge on any atom is 0.195 e. The van der Waals surface area contributed by atoms with Crippen molar-refractivity contribution in [3.05, 3.63) is 101 Å². The van der Waals surface area contributed by atoms with E-state index < -0.39 is 9.21 Å². The third kappa shape index (κ3) is 7.63. The Morgan fingerprint density at radius 2 is 1.13 bits per heavy atom. The summed E-state index contributed by atoms with van der Waals surface area (Å²) in [6, 6.07) is 26.5. The Morgan fingerprint density at radius 3 is 1.56 bits per heavy atom. The van der Waals surface area contributed by atoms with Crippen molar-refractivity contribution in [3.63, 3.8) is 0 Å². The molecule has 3 heteroatoms. The Morgan fingerprint density at radius 1 is 0.667 bits per heavy atom. The van der Waals surface area contributed by atoms with Gasteiger partial charge in [0.05, 0.1) is 0 Å². The highest BCUT2D eigenvalue weighted by Gasteiger charge is 2.50. The Hall–Kier alpha value is -1.47. The molecule has 2 unspecified atom stereocenters. The van der Waals surface area contributed by atoms with Gasteiger partial charge in [-0.1, -0.05) is 177 Å². The van der Waals surface area contributed by atoms with E-state index in [1.807, 2.05) is 6.07 Å². The molecule has 2 atom stereocenters. The Bertz CT molecular complexity index is 1190. The molecule has 0 aromatic heterocycles.